The van der Waals surface area contributed by atoms with Crippen LogP contribution in [0.5, 0.6) is 0 Å². The van der Waals surface area contributed by atoms with Gasteiger partial charge in [0.05, 0.1) is 28.6 Å². The van der Waals surface area contributed by atoms with Gasteiger partial charge in [0.15, 0.2) is 11.5 Å². The van der Waals surface area contributed by atoms with E-state index in [1.54, 1.807) is 18.5 Å². The number of benzene rings is 2. The van der Waals surface area contributed by atoms with E-state index in [9.17, 15) is 4.39 Å². The molecule has 5 aromatic rings. The van der Waals surface area contributed by atoms with Gasteiger partial charge in [-0.1, -0.05) is 23.7 Å². The first-order valence-corrected chi connectivity index (χ1v) is 9.73. The fourth-order valence-corrected chi connectivity index (χ4v) is 3.73. The molecule has 0 saturated heterocycles. The lowest BCUT2D eigenvalue weighted by atomic mass is 9.98. The molecule has 0 unspecified atom stereocenters. The number of hydrogen-bond donors (Lipinski definition) is 2. The lowest BCUT2D eigenvalue weighted by Gasteiger charge is -2.19. The van der Waals surface area contributed by atoms with Crippen LogP contribution in [0.25, 0.3) is 33.3 Å². The summed E-state index contributed by atoms with van der Waals surface area (Å²) in [6, 6.07) is 13.8. The number of aromatic nitrogens is 5. The second-order valence-electron chi connectivity index (χ2n) is 6.93. The van der Waals surface area contributed by atoms with Crippen LogP contribution in [0.15, 0.2) is 61.2 Å². The molecule has 0 amide bonds. The van der Waals surface area contributed by atoms with Crippen LogP contribution < -0.4 is 5.32 Å². The summed E-state index contributed by atoms with van der Waals surface area (Å²) in [5.41, 5.74) is 4.48. The number of nitrogens with zero attached hydrogens (tertiary/aromatic N) is 4. The Morgan fingerprint density at radius 2 is 1.90 bits per heavy atom. The molecule has 3 aromatic heterocycles. The average molecular weight is 419 g/mol. The highest BCUT2D eigenvalue weighted by Gasteiger charge is 2.18. The van der Waals surface area contributed by atoms with Crippen molar-refractivity contribution in [3.8, 4) is 11.3 Å². The highest BCUT2D eigenvalue weighted by atomic mass is 35.5. The monoisotopic (exact) mass is 418 g/mol. The van der Waals surface area contributed by atoms with E-state index in [2.05, 4.69) is 31.3 Å². The Kier molecular flexibility index (Phi) is 4.52. The number of para-hydroxylation sites is 1. The lowest BCUT2D eigenvalue weighted by Crippen LogP contribution is -2.11. The molecule has 0 bridgehead atoms. The minimum absolute atomic E-state index is 0.165. The van der Waals surface area contributed by atoms with E-state index < -0.39 is 0 Å². The summed E-state index contributed by atoms with van der Waals surface area (Å²) in [7, 11) is 0. The number of rotatable bonds is 4. The van der Waals surface area contributed by atoms with E-state index in [1.165, 1.54) is 18.5 Å². The molecular formula is C22H16ClFN6. The van der Waals surface area contributed by atoms with E-state index in [0.29, 0.717) is 22.0 Å². The number of halogens is 2. The molecule has 2 aromatic carbocycles. The van der Waals surface area contributed by atoms with E-state index in [1.807, 2.05) is 25.1 Å². The summed E-state index contributed by atoms with van der Waals surface area (Å²) in [6.07, 6.45) is 3.05. The van der Waals surface area contributed by atoms with Gasteiger partial charge in [0, 0.05) is 16.5 Å². The molecule has 2 N–H and O–H groups in total. The predicted molar refractivity (Wildman–Crippen MR) is 116 cm³/mol. The van der Waals surface area contributed by atoms with Crippen molar-refractivity contribution in [2.45, 2.75) is 13.0 Å². The van der Waals surface area contributed by atoms with Crippen molar-refractivity contribution in [3.63, 3.8) is 0 Å². The molecule has 6 nitrogen and oxygen atoms in total. The van der Waals surface area contributed by atoms with Gasteiger partial charge < -0.3 is 10.3 Å². The molecule has 30 heavy (non-hydrogen) atoms. The fraction of sp³-hybridized carbons (Fsp3) is 0.0909. The Labute approximate surface area is 176 Å². The maximum atomic E-state index is 13.5. The summed E-state index contributed by atoms with van der Waals surface area (Å²) in [5.74, 6) is 0.342. The Morgan fingerprint density at radius 1 is 1.07 bits per heavy atom. The summed E-state index contributed by atoms with van der Waals surface area (Å²) >= 11 is 6.39. The molecule has 0 saturated carbocycles. The second kappa shape index (κ2) is 7.35. The summed E-state index contributed by atoms with van der Waals surface area (Å²) in [4.78, 5) is 20.6. The summed E-state index contributed by atoms with van der Waals surface area (Å²) in [6.45, 7) is 2.02. The molecule has 0 radical (unpaired) electrons. The number of nitrogens with one attached hydrogen (secondary N) is 2. The second-order valence-corrected chi connectivity index (χ2v) is 7.34. The first-order valence-electron chi connectivity index (χ1n) is 9.36. The average Bonchev–Trinajstić information content (AvgIpc) is 3.24. The number of fused-ring (bicyclic) bond motifs is 2. The van der Waals surface area contributed by atoms with Gasteiger partial charge in [0.1, 0.15) is 17.7 Å². The van der Waals surface area contributed by atoms with Gasteiger partial charge in [-0.2, -0.15) is 0 Å². The van der Waals surface area contributed by atoms with Crippen molar-refractivity contribution >= 4 is 39.5 Å². The summed E-state index contributed by atoms with van der Waals surface area (Å²) < 4.78 is 13.5. The van der Waals surface area contributed by atoms with Crippen molar-refractivity contribution in [2.24, 2.45) is 0 Å². The zero-order chi connectivity index (χ0) is 20.7. The van der Waals surface area contributed by atoms with Gasteiger partial charge in [0.25, 0.3) is 0 Å². The van der Waals surface area contributed by atoms with Crippen LogP contribution >= 0.6 is 11.6 Å². The number of pyridine rings is 1. The van der Waals surface area contributed by atoms with Crippen molar-refractivity contribution in [1.29, 1.82) is 0 Å². The molecule has 8 heteroatoms. The third kappa shape index (κ3) is 3.23. The van der Waals surface area contributed by atoms with Crippen LogP contribution in [0.4, 0.5) is 10.2 Å². The lowest BCUT2D eigenvalue weighted by molar-refractivity contribution is 0.628. The molecule has 148 valence electrons. The highest BCUT2D eigenvalue weighted by molar-refractivity contribution is 6.35. The maximum Gasteiger partial charge on any atom is 0.182 e. The SMILES string of the molecule is C[C@H](Nc1ncnc2nc[nH]c12)c1cc2cccc(Cl)c2nc1-c1ccc(F)cc1. The van der Waals surface area contributed by atoms with Crippen LogP contribution in [0.3, 0.4) is 0 Å². The standard InChI is InChI=1S/C22H16ClFN6/c1-12(29-22-20-21(26-10-25-20)27-11-28-22)16-9-14-3-2-4-17(23)19(14)30-18(16)13-5-7-15(24)8-6-13/h2-12H,1H3,(H2,25,26,27,28,29)/t12-/m0/s1. The van der Waals surface area contributed by atoms with E-state index in [4.69, 9.17) is 16.6 Å². The molecule has 0 aliphatic carbocycles. The number of anilines is 1. The molecule has 1 atom stereocenters. The van der Waals surface area contributed by atoms with Crippen molar-refractivity contribution < 1.29 is 4.39 Å². The first-order chi connectivity index (χ1) is 14.6. The van der Waals surface area contributed by atoms with Gasteiger partial charge in [-0.15, -0.1) is 0 Å². The molecular weight excluding hydrogens is 403 g/mol. The molecule has 0 aliphatic rings. The van der Waals surface area contributed by atoms with Crippen molar-refractivity contribution in [2.75, 3.05) is 5.32 Å². The molecule has 3 heterocycles. The molecule has 0 aliphatic heterocycles. The van der Waals surface area contributed by atoms with Crippen molar-refractivity contribution in [3.05, 3.63) is 77.6 Å². The maximum absolute atomic E-state index is 13.5. The largest absolute Gasteiger partial charge is 0.362 e. The number of imidazole rings is 1. The van der Waals surface area contributed by atoms with Crippen LogP contribution in [0.2, 0.25) is 5.02 Å². The van der Waals surface area contributed by atoms with Gasteiger partial charge in [-0.05, 0) is 43.3 Å². The Hall–Kier alpha value is -3.58. The topological polar surface area (TPSA) is 79.4 Å². The van der Waals surface area contributed by atoms with Crippen molar-refractivity contribution in [1.82, 2.24) is 24.9 Å². The predicted octanol–water partition coefficient (Wildman–Crippen LogP) is 5.53. The highest BCUT2D eigenvalue weighted by Crippen LogP contribution is 2.34. The smallest absolute Gasteiger partial charge is 0.182 e. The third-order valence-corrected chi connectivity index (χ3v) is 5.29. The molecule has 5 rings (SSSR count). The molecule has 0 spiro atoms. The van der Waals surface area contributed by atoms with E-state index in [0.717, 1.165) is 27.7 Å². The van der Waals surface area contributed by atoms with Crippen LogP contribution in [-0.4, -0.2) is 24.9 Å². The van der Waals surface area contributed by atoms with E-state index >= 15 is 0 Å². The quantitative estimate of drug-likeness (QED) is 0.401. The zero-order valence-electron chi connectivity index (χ0n) is 15.9. The van der Waals surface area contributed by atoms with Crippen LogP contribution in [-0.2, 0) is 0 Å². The van der Waals surface area contributed by atoms with Crippen LogP contribution in [0, 0.1) is 5.82 Å². The number of hydrogen-bond acceptors (Lipinski definition) is 5. The van der Waals surface area contributed by atoms with Gasteiger partial charge >= 0.3 is 0 Å². The zero-order valence-corrected chi connectivity index (χ0v) is 16.7. The van der Waals surface area contributed by atoms with Gasteiger partial charge in [0.2, 0.25) is 0 Å². The third-order valence-electron chi connectivity index (χ3n) is 4.99. The minimum Gasteiger partial charge on any atom is -0.362 e. The first kappa shape index (κ1) is 18.4. The summed E-state index contributed by atoms with van der Waals surface area (Å²) in [5, 5.41) is 4.91. The Bertz CT molecular complexity index is 1370. The molecule has 0 fully saturated rings. The number of H-pyrrole nitrogens is 1. The Balaban J connectivity index is 1.65. The van der Waals surface area contributed by atoms with Gasteiger partial charge in [-0.25, -0.2) is 24.3 Å². The normalized spacial score (nSPS) is 12.4. The number of aromatic amines is 1. The van der Waals surface area contributed by atoms with E-state index in [-0.39, 0.29) is 11.9 Å². The Morgan fingerprint density at radius 3 is 2.73 bits per heavy atom. The van der Waals surface area contributed by atoms with Crippen LogP contribution in [0.1, 0.15) is 18.5 Å². The fourth-order valence-electron chi connectivity index (χ4n) is 3.51. The van der Waals surface area contributed by atoms with Gasteiger partial charge in [-0.3, -0.25) is 0 Å². The minimum atomic E-state index is -0.298.